The SMILES string of the molecule is N#Cc1cccc(C(=O)Nc2ccccc2-c2nc3cc(CN4CCCCC4)cnc3s2)c1. The normalized spacial score (nSPS) is 14.2. The fourth-order valence-corrected chi connectivity index (χ4v) is 5.07. The molecular weight excluding hydrogens is 430 g/mol. The summed E-state index contributed by atoms with van der Waals surface area (Å²) in [6.07, 6.45) is 5.80. The first-order chi connectivity index (χ1) is 16.2. The molecule has 0 spiro atoms. The zero-order chi connectivity index (χ0) is 22.6. The number of amides is 1. The second-order valence-corrected chi connectivity index (χ2v) is 9.19. The zero-order valence-electron chi connectivity index (χ0n) is 18.1. The summed E-state index contributed by atoms with van der Waals surface area (Å²) in [6, 6.07) is 18.5. The third kappa shape index (κ3) is 4.77. The molecule has 164 valence electrons. The lowest BCUT2D eigenvalue weighted by atomic mass is 10.1. The Labute approximate surface area is 196 Å². The minimum atomic E-state index is -0.261. The number of piperidine rings is 1. The molecule has 6 nitrogen and oxygen atoms in total. The number of hydrogen-bond donors (Lipinski definition) is 1. The molecule has 7 heteroatoms. The minimum Gasteiger partial charge on any atom is -0.321 e. The molecule has 0 saturated carbocycles. The number of fused-ring (bicyclic) bond motifs is 1. The number of nitriles is 1. The lowest BCUT2D eigenvalue weighted by Crippen LogP contribution is -2.29. The van der Waals surface area contributed by atoms with Gasteiger partial charge in [-0.3, -0.25) is 9.69 Å². The van der Waals surface area contributed by atoms with E-state index in [4.69, 9.17) is 10.2 Å². The zero-order valence-corrected chi connectivity index (χ0v) is 18.9. The predicted octanol–water partition coefficient (Wildman–Crippen LogP) is 5.47. The number of rotatable bonds is 5. The number of nitrogens with zero attached hydrogens (tertiary/aromatic N) is 4. The first kappa shape index (κ1) is 21.3. The Kier molecular flexibility index (Phi) is 6.11. The summed E-state index contributed by atoms with van der Waals surface area (Å²) in [5.74, 6) is -0.261. The quantitative estimate of drug-likeness (QED) is 0.433. The summed E-state index contributed by atoms with van der Waals surface area (Å²) >= 11 is 1.52. The summed E-state index contributed by atoms with van der Waals surface area (Å²) in [4.78, 5) is 25.7. The highest BCUT2D eigenvalue weighted by Gasteiger charge is 2.16. The van der Waals surface area contributed by atoms with E-state index in [9.17, 15) is 4.79 Å². The van der Waals surface area contributed by atoms with Crippen LogP contribution in [0.4, 0.5) is 5.69 Å². The molecule has 1 saturated heterocycles. The number of carbonyl (C=O) groups is 1. The molecular formula is C26H23N5OS. The minimum absolute atomic E-state index is 0.261. The highest BCUT2D eigenvalue weighted by molar-refractivity contribution is 7.21. The van der Waals surface area contributed by atoms with Crippen molar-refractivity contribution < 1.29 is 4.79 Å². The van der Waals surface area contributed by atoms with Gasteiger partial charge in [0.15, 0.2) is 0 Å². The molecule has 5 rings (SSSR count). The molecule has 1 aliphatic rings. The molecule has 0 bridgehead atoms. The maximum Gasteiger partial charge on any atom is 0.255 e. The van der Waals surface area contributed by atoms with Crippen LogP contribution in [0.3, 0.4) is 0 Å². The lowest BCUT2D eigenvalue weighted by Gasteiger charge is -2.26. The summed E-state index contributed by atoms with van der Waals surface area (Å²) < 4.78 is 0. The topological polar surface area (TPSA) is 81.9 Å². The van der Waals surface area contributed by atoms with Gasteiger partial charge in [-0.05, 0) is 67.9 Å². The van der Waals surface area contributed by atoms with Crippen LogP contribution in [0.5, 0.6) is 0 Å². The van der Waals surface area contributed by atoms with Gasteiger partial charge >= 0.3 is 0 Å². The Morgan fingerprint density at radius 1 is 1.09 bits per heavy atom. The highest BCUT2D eigenvalue weighted by atomic mass is 32.1. The van der Waals surface area contributed by atoms with Gasteiger partial charge in [-0.25, -0.2) is 9.97 Å². The van der Waals surface area contributed by atoms with Crippen LogP contribution < -0.4 is 5.32 Å². The second-order valence-electron chi connectivity index (χ2n) is 8.22. The van der Waals surface area contributed by atoms with E-state index in [2.05, 4.69) is 27.3 Å². The monoisotopic (exact) mass is 453 g/mol. The van der Waals surface area contributed by atoms with Crippen molar-refractivity contribution in [2.24, 2.45) is 0 Å². The van der Waals surface area contributed by atoms with Gasteiger partial charge in [0.2, 0.25) is 0 Å². The molecule has 1 fully saturated rings. The van der Waals surface area contributed by atoms with Crippen LogP contribution >= 0.6 is 11.3 Å². The molecule has 0 radical (unpaired) electrons. The fourth-order valence-electron chi connectivity index (χ4n) is 4.15. The third-order valence-corrected chi connectivity index (χ3v) is 6.83. The average molecular weight is 454 g/mol. The van der Waals surface area contributed by atoms with E-state index >= 15 is 0 Å². The molecule has 2 aromatic heterocycles. The predicted molar refractivity (Wildman–Crippen MR) is 131 cm³/mol. The highest BCUT2D eigenvalue weighted by Crippen LogP contribution is 2.34. The molecule has 1 N–H and O–H groups in total. The number of hydrogen-bond acceptors (Lipinski definition) is 6. The standard InChI is InChI=1S/C26H23N5OS/c27-15-18-7-6-8-20(13-18)24(32)29-22-10-3-2-9-21(22)25-30-23-14-19(16-28-26(23)33-25)17-31-11-4-1-5-12-31/h2-3,6-10,13-14,16H,1,4-5,11-12,17H2,(H,29,32). The fraction of sp³-hybridized carbons (Fsp3) is 0.231. The third-order valence-electron chi connectivity index (χ3n) is 5.82. The van der Waals surface area contributed by atoms with Crippen molar-refractivity contribution in [2.45, 2.75) is 25.8 Å². The molecule has 0 atom stereocenters. The summed E-state index contributed by atoms with van der Waals surface area (Å²) in [6.45, 7) is 3.19. The Hall–Kier alpha value is -3.60. The number of benzene rings is 2. The van der Waals surface area contributed by atoms with E-state index < -0.39 is 0 Å². The number of nitrogens with one attached hydrogen (secondary N) is 1. The maximum atomic E-state index is 12.8. The van der Waals surface area contributed by atoms with Gasteiger partial charge in [0, 0.05) is 23.9 Å². The lowest BCUT2D eigenvalue weighted by molar-refractivity contribution is 0.102. The molecule has 0 aliphatic carbocycles. The number of para-hydroxylation sites is 1. The van der Waals surface area contributed by atoms with Gasteiger partial charge in [-0.15, -0.1) is 0 Å². The van der Waals surface area contributed by atoms with Crippen molar-refractivity contribution in [1.82, 2.24) is 14.9 Å². The molecule has 0 unspecified atom stereocenters. The summed E-state index contributed by atoms with van der Waals surface area (Å²) in [5.41, 5.74) is 4.48. The molecule has 1 amide bonds. The average Bonchev–Trinajstić information content (AvgIpc) is 3.28. The van der Waals surface area contributed by atoms with Crippen LogP contribution in [0, 0.1) is 11.3 Å². The number of anilines is 1. The van der Waals surface area contributed by atoms with Gasteiger partial charge in [-0.1, -0.05) is 36.0 Å². The summed E-state index contributed by atoms with van der Waals surface area (Å²) in [5, 5.41) is 12.9. The van der Waals surface area contributed by atoms with Crippen LogP contribution in [0.25, 0.3) is 20.9 Å². The Balaban J connectivity index is 1.40. The van der Waals surface area contributed by atoms with Gasteiger partial charge in [0.25, 0.3) is 5.91 Å². The van der Waals surface area contributed by atoms with Crippen LogP contribution in [-0.4, -0.2) is 33.9 Å². The Morgan fingerprint density at radius 3 is 2.79 bits per heavy atom. The molecule has 3 heterocycles. The molecule has 1 aliphatic heterocycles. The van der Waals surface area contributed by atoms with Crippen LogP contribution in [0.1, 0.15) is 40.7 Å². The van der Waals surface area contributed by atoms with E-state index in [1.807, 2.05) is 30.5 Å². The maximum absolute atomic E-state index is 12.8. The Bertz CT molecular complexity index is 1350. The van der Waals surface area contributed by atoms with Crippen molar-refractivity contribution >= 4 is 33.3 Å². The first-order valence-electron chi connectivity index (χ1n) is 11.1. The van der Waals surface area contributed by atoms with E-state index in [1.54, 1.807) is 24.3 Å². The van der Waals surface area contributed by atoms with Crippen molar-refractivity contribution in [1.29, 1.82) is 5.26 Å². The summed E-state index contributed by atoms with van der Waals surface area (Å²) in [7, 11) is 0. The second kappa shape index (κ2) is 9.49. The van der Waals surface area contributed by atoms with Gasteiger partial charge in [-0.2, -0.15) is 5.26 Å². The van der Waals surface area contributed by atoms with Crippen molar-refractivity contribution in [2.75, 3.05) is 18.4 Å². The van der Waals surface area contributed by atoms with Crippen molar-refractivity contribution in [3.63, 3.8) is 0 Å². The van der Waals surface area contributed by atoms with Crippen LogP contribution in [0.2, 0.25) is 0 Å². The largest absolute Gasteiger partial charge is 0.321 e. The van der Waals surface area contributed by atoms with Crippen LogP contribution in [-0.2, 0) is 6.54 Å². The van der Waals surface area contributed by atoms with Gasteiger partial charge in [0.1, 0.15) is 15.4 Å². The number of aromatic nitrogens is 2. The van der Waals surface area contributed by atoms with E-state index in [-0.39, 0.29) is 5.91 Å². The van der Waals surface area contributed by atoms with Crippen molar-refractivity contribution in [3.05, 3.63) is 77.5 Å². The molecule has 4 aromatic rings. The number of likely N-dealkylation sites (tertiary alicyclic amines) is 1. The Morgan fingerprint density at radius 2 is 1.94 bits per heavy atom. The van der Waals surface area contributed by atoms with E-state index in [0.717, 1.165) is 40.6 Å². The van der Waals surface area contributed by atoms with Gasteiger partial charge in [0.05, 0.1) is 17.3 Å². The smallest absolute Gasteiger partial charge is 0.255 e. The first-order valence-corrected chi connectivity index (χ1v) is 11.9. The van der Waals surface area contributed by atoms with Crippen LogP contribution in [0.15, 0.2) is 60.8 Å². The number of pyridine rings is 1. The molecule has 2 aromatic carbocycles. The van der Waals surface area contributed by atoms with E-state index in [1.165, 1.54) is 36.2 Å². The van der Waals surface area contributed by atoms with E-state index in [0.29, 0.717) is 16.8 Å². The number of thiazole rings is 1. The van der Waals surface area contributed by atoms with Crippen molar-refractivity contribution in [3.8, 4) is 16.6 Å². The number of carbonyl (C=O) groups excluding carboxylic acids is 1. The van der Waals surface area contributed by atoms with Gasteiger partial charge < -0.3 is 5.32 Å². The molecule has 33 heavy (non-hydrogen) atoms.